The molecule has 0 saturated carbocycles. The molecule has 0 aliphatic rings. The minimum absolute atomic E-state index is 0. The van der Waals surface area contributed by atoms with Crippen molar-refractivity contribution in [2.45, 2.75) is 13.0 Å². The fraction of sp³-hybridized carbons (Fsp3) is 0.200. The van der Waals surface area contributed by atoms with E-state index < -0.39 is 0 Å². The highest BCUT2D eigenvalue weighted by molar-refractivity contribution is 9.10. The second-order valence-electron chi connectivity index (χ2n) is 4.26. The van der Waals surface area contributed by atoms with Crippen molar-refractivity contribution < 1.29 is 0 Å². The van der Waals surface area contributed by atoms with Gasteiger partial charge in [-0.15, -0.1) is 24.8 Å². The largest absolute Gasteiger partial charge is 0.399 e. The Hall–Kier alpha value is -0.740. The van der Waals surface area contributed by atoms with Crippen LogP contribution in [0.25, 0.3) is 0 Å². The molecule has 0 unspecified atom stereocenters. The number of anilines is 1. The molecule has 3 N–H and O–H groups in total. The lowest BCUT2D eigenvalue weighted by Crippen LogP contribution is -2.16. The molecular weight excluding hydrogens is 359 g/mol. The lowest BCUT2D eigenvalue weighted by atomic mass is 10.1. The van der Waals surface area contributed by atoms with Gasteiger partial charge in [-0.05, 0) is 42.3 Å². The molecule has 0 amide bonds. The van der Waals surface area contributed by atoms with E-state index >= 15 is 0 Å². The van der Waals surface area contributed by atoms with Crippen molar-refractivity contribution in [3.63, 3.8) is 0 Å². The summed E-state index contributed by atoms with van der Waals surface area (Å²) in [7, 11) is 0. The number of nitrogens with one attached hydrogen (secondary N) is 1. The van der Waals surface area contributed by atoms with Crippen molar-refractivity contribution in [1.82, 2.24) is 5.32 Å². The van der Waals surface area contributed by atoms with Gasteiger partial charge in [0.2, 0.25) is 0 Å². The monoisotopic (exact) mass is 376 g/mol. The summed E-state index contributed by atoms with van der Waals surface area (Å²) in [6.07, 6.45) is 0.996. The highest BCUT2D eigenvalue weighted by Gasteiger charge is 1.98. The first-order valence-electron chi connectivity index (χ1n) is 6.04. The highest BCUT2D eigenvalue weighted by Crippen LogP contribution is 2.15. The molecule has 0 atom stereocenters. The van der Waals surface area contributed by atoms with E-state index in [9.17, 15) is 0 Å². The average molecular weight is 378 g/mol. The van der Waals surface area contributed by atoms with Gasteiger partial charge in [0.05, 0.1) is 0 Å². The maximum atomic E-state index is 5.75. The minimum atomic E-state index is 0. The van der Waals surface area contributed by atoms with Crippen LogP contribution in [-0.4, -0.2) is 6.54 Å². The van der Waals surface area contributed by atoms with Crippen LogP contribution >= 0.6 is 40.7 Å². The van der Waals surface area contributed by atoms with Gasteiger partial charge < -0.3 is 11.1 Å². The number of rotatable bonds is 5. The molecule has 0 aliphatic heterocycles. The van der Waals surface area contributed by atoms with E-state index in [1.54, 1.807) is 0 Å². The number of hydrogen-bond donors (Lipinski definition) is 2. The molecule has 0 aliphatic carbocycles. The van der Waals surface area contributed by atoms with Crippen LogP contribution in [0.4, 0.5) is 5.69 Å². The molecule has 0 spiro atoms. The predicted molar refractivity (Wildman–Crippen MR) is 94.9 cm³/mol. The maximum Gasteiger partial charge on any atom is 0.0316 e. The van der Waals surface area contributed by atoms with Crippen molar-refractivity contribution in [3.8, 4) is 0 Å². The second kappa shape index (κ2) is 10.1. The molecular formula is C15H19BrCl2N2. The van der Waals surface area contributed by atoms with Gasteiger partial charge in [-0.1, -0.05) is 46.3 Å². The van der Waals surface area contributed by atoms with E-state index in [-0.39, 0.29) is 24.8 Å². The predicted octanol–water partition coefficient (Wildman–Crippen LogP) is 4.21. The zero-order valence-electron chi connectivity index (χ0n) is 11.0. The van der Waals surface area contributed by atoms with Gasteiger partial charge in [0, 0.05) is 16.7 Å². The summed E-state index contributed by atoms with van der Waals surface area (Å²) >= 11 is 3.55. The van der Waals surface area contributed by atoms with E-state index in [2.05, 4.69) is 45.5 Å². The Bertz CT molecular complexity index is 521. The Kier molecular flexibility index (Phi) is 9.68. The van der Waals surface area contributed by atoms with E-state index in [0.29, 0.717) is 0 Å². The lowest BCUT2D eigenvalue weighted by molar-refractivity contribution is 0.685. The quantitative estimate of drug-likeness (QED) is 0.605. The topological polar surface area (TPSA) is 38.0 Å². The van der Waals surface area contributed by atoms with Gasteiger partial charge in [-0.2, -0.15) is 0 Å². The standard InChI is InChI=1S/C15H17BrN2.2ClH/c16-15-7-2-1-5-13(15)11-18-9-8-12-4-3-6-14(17)10-12;;/h1-7,10,18H,8-9,11,17H2;2*1H. The van der Waals surface area contributed by atoms with Crippen molar-refractivity contribution in [2.75, 3.05) is 12.3 Å². The Morgan fingerprint density at radius 2 is 1.75 bits per heavy atom. The van der Waals surface area contributed by atoms with E-state index in [1.165, 1.54) is 11.1 Å². The molecule has 0 heterocycles. The van der Waals surface area contributed by atoms with Crippen molar-refractivity contribution in [1.29, 1.82) is 0 Å². The molecule has 2 aromatic carbocycles. The summed E-state index contributed by atoms with van der Waals surface area (Å²) in [6, 6.07) is 16.3. The molecule has 0 bridgehead atoms. The molecule has 2 aromatic rings. The maximum absolute atomic E-state index is 5.75. The fourth-order valence-corrected chi connectivity index (χ4v) is 2.27. The minimum Gasteiger partial charge on any atom is -0.399 e. The molecule has 20 heavy (non-hydrogen) atoms. The summed E-state index contributed by atoms with van der Waals surface area (Å²) in [6.45, 7) is 1.83. The van der Waals surface area contributed by atoms with Gasteiger partial charge >= 0.3 is 0 Å². The van der Waals surface area contributed by atoms with Crippen LogP contribution in [0.1, 0.15) is 11.1 Å². The third kappa shape index (κ3) is 6.14. The van der Waals surface area contributed by atoms with Gasteiger partial charge in [-0.25, -0.2) is 0 Å². The number of benzene rings is 2. The van der Waals surface area contributed by atoms with E-state index in [4.69, 9.17) is 5.73 Å². The van der Waals surface area contributed by atoms with Crippen LogP contribution in [0.3, 0.4) is 0 Å². The molecule has 5 heteroatoms. The zero-order chi connectivity index (χ0) is 12.8. The highest BCUT2D eigenvalue weighted by atomic mass is 79.9. The Morgan fingerprint density at radius 3 is 2.45 bits per heavy atom. The van der Waals surface area contributed by atoms with Crippen LogP contribution in [0.5, 0.6) is 0 Å². The Balaban J connectivity index is 0.00000180. The third-order valence-corrected chi connectivity index (χ3v) is 3.59. The summed E-state index contributed by atoms with van der Waals surface area (Å²) in [5, 5.41) is 3.44. The summed E-state index contributed by atoms with van der Waals surface area (Å²) in [5.41, 5.74) is 9.13. The molecule has 2 rings (SSSR count). The average Bonchev–Trinajstić information content (AvgIpc) is 2.37. The van der Waals surface area contributed by atoms with Crippen LogP contribution < -0.4 is 11.1 Å². The fourth-order valence-electron chi connectivity index (χ4n) is 1.85. The Morgan fingerprint density at radius 1 is 1.00 bits per heavy atom. The Labute approximate surface area is 141 Å². The number of halogens is 3. The molecule has 2 nitrogen and oxygen atoms in total. The molecule has 110 valence electrons. The van der Waals surface area contributed by atoms with Gasteiger partial charge in [0.1, 0.15) is 0 Å². The first-order chi connectivity index (χ1) is 8.75. The van der Waals surface area contributed by atoms with E-state index in [0.717, 1.165) is 29.7 Å². The zero-order valence-corrected chi connectivity index (χ0v) is 14.2. The molecule has 0 fully saturated rings. The lowest BCUT2D eigenvalue weighted by Gasteiger charge is -2.07. The van der Waals surface area contributed by atoms with Crippen molar-refractivity contribution in [3.05, 3.63) is 64.1 Å². The van der Waals surface area contributed by atoms with E-state index in [1.807, 2.05) is 24.3 Å². The second-order valence-corrected chi connectivity index (χ2v) is 5.12. The van der Waals surface area contributed by atoms with Crippen LogP contribution in [0.15, 0.2) is 53.0 Å². The number of nitrogen functional groups attached to an aromatic ring is 1. The summed E-state index contributed by atoms with van der Waals surface area (Å²) in [5.74, 6) is 0. The van der Waals surface area contributed by atoms with Crippen LogP contribution in [-0.2, 0) is 13.0 Å². The smallest absolute Gasteiger partial charge is 0.0316 e. The third-order valence-electron chi connectivity index (χ3n) is 2.81. The molecule has 0 aromatic heterocycles. The molecule has 0 saturated heterocycles. The molecule has 0 radical (unpaired) electrons. The van der Waals surface area contributed by atoms with Gasteiger partial charge in [0.25, 0.3) is 0 Å². The van der Waals surface area contributed by atoms with Crippen LogP contribution in [0, 0.1) is 0 Å². The summed E-state index contributed by atoms with van der Waals surface area (Å²) < 4.78 is 1.15. The summed E-state index contributed by atoms with van der Waals surface area (Å²) in [4.78, 5) is 0. The first-order valence-corrected chi connectivity index (χ1v) is 6.83. The number of nitrogens with two attached hydrogens (primary N) is 1. The van der Waals surface area contributed by atoms with Gasteiger partial charge in [-0.3, -0.25) is 0 Å². The van der Waals surface area contributed by atoms with Gasteiger partial charge in [0.15, 0.2) is 0 Å². The van der Waals surface area contributed by atoms with Crippen LogP contribution in [0.2, 0.25) is 0 Å². The SMILES string of the molecule is Cl.Cl.Nc1cccc(CCNCc2ccccc2Br)c1. The normalized spacial score (nSPS) is 9.45. The number of hydrogen-bond acceptors (Lipinski definition) is 2. The van der Waals surface area contributed by atoms with Crippen molar-refractivity contribution >= 4 is 46.4 Å². The first kappa shape index (κ1) is 19.3. The van der Waals surface area contributed by atoms with Crippen molar-refractivity contribution in [2.24, 2.45) is 0 Å².